The van der Waals surface area contributed by atoms with Crippen molar-refractivity contribution in [3.05, 3.63) is 87.4 Å². The second kappa shape index (κ2) is 14.3. The number of hydrogen-bond acceptors (Lipinski definition) is 5. The van der Waals surface area contributed by atoms with E-state index < -0.39 is 28.5 Å². The van der Waals surface area contributed by atoms with Crippen LogP contribution in [0.3, 0.4) is 0 Å². The Balaban J connectivity index is 2.16. The molecular weight excluding hydrogens is 597 g/mol. The number of amides is 2. The molecule has 0 aliphatic rings. The van der Waals surface area contributed by atoms with E-state index in [-0.39, 0.29) is 41.2 Å². The molecule has 3 rings (SSSR count). The lowest BCUT2D eigenvalue weighted by molar-refractivity contribution is -0.140. The smallest absolute Gasteiger partial charge is 0.264 e. The van der Waals surface area contributed by atoms with E-state index in [4.69, 9.17) is 27.9 Å². The maximum absolute atomic E-state index is 14.2. The molecule has 0 saturated carbocycles. The Morgan fingerprint density at radius 1 is 0.952 bits per heavy atom. The van der Waals surface area contributed by atoms with Gasteiger partial charge in [0.2, 0.25) is 11.8 Å². The lowest BCUT2D eigenvalue weighted by atomic mass is 10.1. The van der Waals surface area contributed by atoms with E-state index in [9.17, 15) is 18.0 Å². The summed E-state index contributed by atoms with van der Waals surface area (Å²) in [6.07, 6.45) is 0.286. The standard InChI is InChI=1S/C31H37Cl2N3O5S/c1-7-27(31(38)34-20(2)3)35(18-23-11-12-24(32)17-26(23)33)30(37)19-36(28-16-22(5)10-15-29(28)41-6)42(39,40)25-13-8-21(4)9-14-25/h8-17,20,27H,7,18-19H2,1-6H3,(H,34,38)/t27-/m1/s1. The highest BCUT2D eigenvalue weighted by atomic mass is 35.5. The van der Waals surface area contributed by atoms with Gasteiger partial charge in [-0.05, 0) is 81.6 Å². The van der Waals surface area contributed by atoms with Gasteiger partial charge in [-0.2, -0.15) is 0 Å². The average molecular weight is 635 g/mol. The van der Waals surface area contributed by atoms with Crippen molar-refractivity contribution in [3.8, 4) is 5.75 Å². The molecule has 0 fully saturated rings. The number of benzene rings is 3. The van der Waals surface area contributed by atoms with Gasteiger partial charge in [0.1, 0.15) is 18.3 Å². The number of aryl methyl sites for hydroxylation is 2. The van der Waals surface area contributed by atoms with Gasteiger partial charge in [0.15, 0.2) is 0 Å². The Morgan fingerprint density at radius 3 is 2.17 bits per heavy atom. The second-order valence-electron chi connectivity index (χ2n) is 10.3. The van der Waals surface area contributed by atoms with Crippen molar-refractivity contribution in [1.29, 1.82) is 0 Å². The molecule has 1 N–H and O–H groups in total. The zero-order valence-electron chi connectivity index (χ0n) is 24.6. The number of rotatable bonds is 12. The largest absolute Gasteiger partial charge is 0.495 e. The van der Waals surface area contributed by atoms with Gasteiger partial charge in [-0.25, -0.2) is 8.42 Å². The van der Waals surface area contributed by atoms with Crippen LogP contribution in [0.15, 0.2) is 65.6 Å². The fourth-order valence-electron chi connectivity index (χ4n) is 4.48. The Kier molecular flexibility index (Phi) is 11.3. The Labute approximate surface area is 258 Å². The highest BCUT2D eigenvalue weighted by molar-refractivity contribution is 7.92. The Bertz CT molecular complexity index is 1530. The van der Waals surface area contributed by atoms with Gasteiger partial charge >= 0.3 is 0 Å². The quantitative estimate of drug-likeness (QED) is 0.258. The average Bonchev–Trinajstić information content (AvgIpc) is 2.92. The van der Waals surface area contributed by atoms with Crippen molar-refractivity contribution in [2.45, 2.75) is 64.6 Å². The maximum atomic E-state index is 14.2. The molecule has 3 aromatic rings. The first-order chi connectivity index (χ1) is 19.8. The third kappa shape index (κ3) is 7.96. The molecule has 0 heterocycles. The van der Waals surface area contributed by atoms with E-state index in [1.54, 1.807) is 55.5 Å². The maximum Gasteiger partial charge on any atom is 0.264 e. The second-order valence-corrected chi connectivity index (χ2v) is 13.1. The summed E-state index contributed by atoms with van der Waals surface area (Å²) in [5.41, 5.74) is 2.43. The van der Waals surface area contributed by atoms with E-state index in [0.717, 1.165) is 15.4 Å². The molecule has 0 aliphatic carbocycles. The molecule has 0 saturated heterocycles. The first-order valence-corrected chi connectivity index (χ1v) is 15.8. The summed E-state index contributed by atoms with van der Waals surface area (Å²) < 4.78 is 34.8. The molecule has 2 amide bonds. The monoisotopic (exact) mass is 633 g/mol. The molecule has 8 nitrogen and oxygen atoms in total. The highest BCUT2D eigenvalue weighted by Gasteiger charge is 2.35. The van der Waals surface area contributed by atoms with Gasteiger partial charge in [0.05, 0.1) is 17.7 Å². The van der Waals surface area contributed by atoms with Crippen LogP contribution < -0.4 is 14.4 Å². The zero-order chi connectivity index (χ0) is 31.2. The predicted octanol–water partition coefficient (Wildman–Crippen LogP) is 6.15. The minimum Gasteiger partial charge on any atom is -0.495 e. The van der Waals surface area contributed by atoms with Crippen LogP contribution in [0, 0.1) is 13.8 Å². The number of methoxy groups -OCH3 is 1. The third-order valence-corrected chi connectivity index (χ3v) is 9.02. The van der Waals surface area contributed by atoms with Crippen molar-refractivity contribution in [3.63, 3.8) is 0 Å². The molecular formula is C31H37Cl2N3O5S. The van der Waals surface area contributed by atoms with Crippen LogP contribution in [0.5, 0.6) is 5.75 Å². The van der Waals surface area contributed by atoms with E-state index in [2.05, 4.69) is 5.32 Å². The van der Waals surface area contributed by atoms with E-state index in [0.29, 0.717) is 15.6 Å². The SMILES string of the molecule is CC[C@H](C(=O)NC(C)C)N(Cc1ccc(Cl)cc1Cl)C(=O)CN(c1cc(C)ccc1OC)S(=O)(=O)c1ccc(C)cc1. The topological polar surface area (TPSA) is 96.0 Å². The number of carbonyl (C=O) groups is 2. The summed E-state index contributed by atoms with van der Waals surface area (Å²) >= 11 is 12.6. The zero-order valence-corrected chi connectivity index (χ0v) is 27.0. The van der Waals surface area contributed by atoms with Crippen LogP contribution in [0.4, 0.5) is 5.69 Å². The summed E-state index contributed by atoms with van der Waals surface area (Å²) in [4.78, 5) is 28.9. The molecule has 1 atom stereocenters. The number of ether oxygens (including phenoxy) is 1. The Morgan fingerprint density at radius 2 is 1.60 bits per heavy atom. The fraction of sp³-hybridized carbons (Fsp3) is 0.355. The van der Waals surface area contributed by atoms with E-state index in [1.807, 2.05) is 27.7 Å². The van der Waals surface area contributed by atoms with Crippen molar-refractivity contribution in [2.75, 3.05) is 18.0 Å². The molecule has 11 heteroatoms. The van der Waals surface area contributed by atoms with Gasteiger partial charge < -0.3 is 15.0 Å². The van der Waals surface area contributed by atoms with Gasteiger partial charge in [-0.1, -0.05) is 60.0 Å². The molecule has 0 aromatic heterocycles. The molecule has 0 bridgehead atoms. The van der Waals surface area contributed by atoms with Crippen LogP contribution in [-0.4, -0.2) is 50.9 Å². The highest BCUT2D eigenvalue weighted by Crippen LogP contribution is 2.34. The molecule has 42 heavy (non-hydrogen) atoms. The van der Waals surface area contributed by atoms with Gasteiger partial charge in [-0.3, -0.25) is 13.9 Å². The molecule has 0 aliphatic heterocycles. The summed E-state index contributed by atoms with van der Waals surface area (Å²) in [5.74, 6) is -0.668. The predicted molar refractivity (Wildman–Crippen MR) is 168 cm³/mol. The van der Waals surface area contributed by atoms with Crippen LogP contribution in [0.2, 0.25) is 10.0 Å². The number of carbonyl (C=O) groups excluding carboxylic acids is 2. The van der Waals surface area contributed by atoms with E-state index in [1.165, 1.54) is 24.1 Å². The van der Waals surface area contributed by atoms with Crippen LogP contribution in [-0.2, 0) is 26.2 Å². The molecule has 0 spiro atoms. The van der Waals surface area contributed by atoms with Crippen molar-refractivity contribution >= 4 is 50.7 Å². The summed E-state index contributed by atoms with van der Waals surface area (Å²) in [6, 6.07) is 15.3. The van der Waals surface area contributed by atoms with Crippen molar-refractivity contribution in [1.82, 2.24) is 10.2 Å². The first-order valence-electron chi connectivity index (χ1n) is 13.6. The van der Waals surface area contributed by atoms with Gasteiger partial charge in [0, 0.05) is 22.6 Å². The van der Waals surface area contributed by atoms with Crippen LogP contribution in [0.1, 0.15) is 43.9 Å². The molecule has 0 unspecified atom stereocenters. The number of halogens is 2. The van der Waals surface area contributed by atoms with E-state index >= 15 is 0 Å². The van der Waals surface area contributed by atoms with Crippen molar-refractivity contribution < 1.29 is 22.7 Å². The number of nitrogens with one attached hydrogen (secondary N) is 1. The Hall–Kier alpha value is -3.27. The first kappa shape index (κ1) is 33.2. The van der Waals surface area contributed by atoms with Crippen molar-refractivity contribution in [2.24, 2.45) is 0 Å². The fourth-order valence-corrected chi connectivity index (χ4v) is 6.36. The third-order valence-electron chi connectivity index (χ3n) is 6.66. The van der Waals surface area contributed by atoms with Gasteiger partial charge in [0.25, 0.3) is 10.0 Å². The molecule has 0 radical (unpaired) electrons. The number of nitrogens with zero attached hydrogens (tertiary/aromatic N) is 2. The lowest BCUT2D eigenvalue weighted by Gasteiger charge is -2.34. The minimum atomic E-state index is -4.25. The lowest BCUT2D eigenvalue weighted by Crippen LogP contribution is -2.53. The number of sulfonamides is 1. The molecule has 3 aromatic carbocycles. The summed E-state index contributed by atoms with van der Waals surface area (Å²) in [7, 11) is -2.81. The summed E-state index contributed by atoms with van der Waals surface area (Å²) in [6.45, 7) is 8.49. The van der Waals surface area contributed by atoms with Crippen LogP contribution >= 0.6 is 23.2 Å². The summed E-state index contributed by atoms with van der Waals surface area (Å²) in [5, 5.41) is 3.62. The van der Waals surface area contributed by atoms with Crippen LogP contribution in [0.25, 0.3) is 0 Å². The van der Waals surface area contributed by atoms with Gasteiger partial charge in [-0.15, -0.1) is 0 Å². The normalized spacial score (nSPS) is 12.1. The number of anilines is 1. The molecule has 226 valence electrons. The minimum absolute atomic E-state index is 0.0151. The number of hydrogen-bond donors (Lipinski definition) is 1.